The summed E-state index contributed by atoms with van der Waals surface area (Å²) in [6, 6.07) is 11.8. The summed E-state index contributed by atoms with van der Waals surface area (Å²) >= 11 is 12.6. The van der Waals surface area contributed by atoms with Crippen LogP contribution in [0.2, 0.25) is 0 Å². The smallest absolute Gasteiger partial charge is 0.304 e. The monoisotopic (exact) mass is 604 g/mol. The minimum Gasteiger partial charge on any atom is -0.481 e. The fourth-order valence-electron chi connectivity index (χ4n) is 2.22. The Kier molecular flexibility index (Phi) is 13.4. The molecule has 3 rings (SSSR count). The lowest BCUT2D eigenvalue weighted by atomic mass is 10.3. The third-order valence-corrected chi connectivity index (χ3v) is 6.42. The molecule has 2 aromatic carbocycles. The number of hydrogen-bond acceptors (Lipinski definition) is 7. The highest BCUT2D eigenvalue weighted by Gasteiger charge is 2.04. The number of likely N-dealkylation sites (N-methyl/N-ethyl adjacent to an activating group) is 1. The first kappa shape index (κ1) is 28.9. The number of hydrogen-bond donors (Lipinski definition) is 3. The maximum absolute atomic E-state index is 9.88. The van der Waals surface area contributed by atoms with E-state index in [0.29, 0.717) is 12.2 Å². The molecule has 0 unspecified atom stereocenters. The van der Waals surface area contributed by atoms with Gasteiger partial charge in [-0.15, -0.1) is 24.0 Å². The summed E-state index contributed by atoms with van der Waals surface area (Å²) in [6.07, 6.45) is 1.26. The number of benzene rings is 2. The van der Waals surface area contributed by atoms with Gasteiger partial charge < -0.3 is 20.6 Å². The number of nitrogens with zero attached hydrogens (tertiary/aromatic N) is 3. The summed E-state index contributed by atoms with van der Waals surface area (Å²) in [4.78, 5) is 19.3. The van der Waals surface area contributed by atoms with Crippen molar-refractivity contribution >= 4 is 77.7 Å². The average Bonchev–Trinajstić information content (AvgIpc) is 3.11. The van der Waals surface area contributed by atoms with Gasteiger partial charge in [0.15, 0.2) is 0 Å². The summed E-state index contributed by atoms with van der Waals surface area (Å²) in [5.74, 6) is -0.737. The lowest BCUT2D eigenvalue weighted by Crippen LogP contribution is -2.15. The van der Waals surface area contributed by atoms with Crippen LogP contribution in [0, 0.1) is 0 Å². The standard InChI is InChI=1S/C11H13BrN2S.C6H6BrNS.C5H11NO2/c1-14(2)6-5-11-13-9-7-8(12)3-4-10(9)15-11;7-4-1-2-6(9)5(8)3-4;1-6(2)4-3-5(7)8/h3-4,7H,5-6H2,1-2H3;1-3,9H,8H2;3-4H2,1-2H3,(H,7,8). The van der Waals surface area contributed by atoms with Gasteiger partial charge in [0.25, 0.3) is 0 Å². The van der Waals surface area contributed by atoms with E-state index in [1.54, 1.807) is 11.3 Å². The van der Waals surface area contributed by atoms with Gasteiger partial charge in [-0.2, -0.15) is 0 Å². The minimum atomic E-state index is -0.737. The highest BCUT2D eigenvalue weighted by molar-refractivity contribution is 9.10. The van der Waals surface area contributed by atoms with E-state index in [2.05, 4.69) is 86.7 Å². The van der Waals surface area contributed by atoms with Crippen molar-refractivity contribution in [2.24, 2.45) is 0 Å². The maximum Gasteiger partial charge on any atom is 0.304 e. The normalized spacial score (nSPS) is 10.5. The molecule has 0 amide bonds. The summed E-state index contributed by atoms with van der Waals surface area (Å²) in [5.41, 5.74) is 7.32. The molecule has 3 N–H and O–H groups in total. The van der Waals surface area contributed by atoms with Gasteiger partial charge in [-0.05, 0) is 64.6 Å². The molecule has 1 heterocycles. The molecule has 10 heteroatoms. The molecule has 1 aromatic heterocycles. The first-order valence-corrected chi connectivity index (χ1v) is 12.6. The Morgan fingerprint density at radius 3 is 2.16 bits per heavy atom. The number of fused-ring (bicyclic) bond motifs is 1. The van der Waals surface area contributed by atoms with Gasteiger partial charge in [0.2, 0.25) is 0 Å². The Labute approximate surface area is 216 Å². The van der Waals surface area contributed by atoms with Crippen molar-refractivity contribution in [3.8, 4) is 0 Å². The van der Waals surface area contributed by atoms with E-state index in [1.165, 1.54) is 9.71 Å². The zero-order chi connectivity index (χ0) is 24.3. The molecule has 6 nitrogen and oxygen atoms in total. The van der Waals surface area contributed by atoms with Gasteiger partial charge in [0.05, 0.1) is 21.6 Å². The number of anilines is 1. The van der Waals surface area contributed by atoms with Crippen molar-refractivity contribution in [3.63, 3.8) is 0 Å². The number of thiazole rings is 1. The van der Waals surface area contributed by atoms with Crippen LogP contribution in [0.15, 0.2) is 50.2 Å². The predicted molar refractivity (Wildman–Crippen MR) is 146 cm³/mol. The van der Waals surface area contributed by atoms with Crippen LogP contribution in [0.25, 0.3) is 10.2 Å². The second kappa shape index (κ2) is 14.9. The molecular formula is C22H30Br2N4O2S2. The lowest BCUT2D eigenvalue weighted by molar-refractivity contribution is -0.137. The summed E-state index contributed by atoms with van der Waals surface area (Å²) < 4.78 is 3.35. The molecule has 0 saturated heterocycles. The number of nitrogens with two attached hydrogens (primary N) is 1. The molecule has 0 aliphatic carbocycles. The van der Waals surface area contributed by atoms with Crippen LogP contribution in [0.1, 0.15) is 11.4 Å². The number of aromatic nitrogens is 1. The highest BCUT2D eigenvalue weighted by atomic mass is 79.9. The van der Waals surface area contributed by atoms with Crippen LogP contribution >= 0.6 is 55.8 Å². The van der Waals surface area contributed by atoms with E-state index in [4.69, 9.17) is 10.8 Å². The van der Waals surface area contributed by atoms with E-state index < -0.39 is 5.97 Å². The Morgan fingerprint density at radius 2 is 1.66 bits per heavy atom. The van der Waals surface area contributed by atoms with Crippen molar-refractivity contribution in [1.29, 1.82) is 0 Å². The number of nitrogen functional groups attached to an aromatic ring is 1. The number of rotatable bonds is 6. The van der Waals surface area contributed by atoms with Gasteiger partial charge in [0.1, 0.15) is 0 Å². The number of aliphatic carboxylic acids is 1. The summed E-state index contributed by atoms with van der Waals surface area (Å²) in [7, 11) is 7.87. The number of carboxylic acids is 1. The molecule has 0 bridgehead atoms. The fourth-order valence-corrected chi connectivity index (χ4v) is 4.02. The van der Waals surface area contributed by atoms with Gasteiger partial charge in [0, 0.05) is 39.0 Å². The van der Waals surface area contributed by atoms with Crippen LogP contribution in [0.5, 0.6) is 0 Å². The van der Waals surface area contributed by atoms with Gasteiger partial charge in [-0.3, -0.25) is 4.79 Å². The van der Waals surface area contributed by atoms with Crippen molar-refractivity contribution in [3.05, 3.63) is 50.4 Å². The summed E-state index contributed by atoms with van der Waals surface area (Å²) in [5, 5.41) is 9.35. The van der Waals surface area contributed by atoms with E-state index >= 15 is 0 Å². The van der Waals surface area contributed by atoms with Crippen LogP contribution in [-0.2, 0) is 11.2 Å². The molecule has 3 aromatic rings. The number of halogens is 2. The highest BCUT2D eigenvalue weighted by Crippen LogP contribution is 2.25. The largest absolute Gasteiger partial charge is 0.481 e. The molecule has 176 valence electrons. The Hall–Kier alpha value is -1.17. The second-order valence-corrected chi connectivity index (χ2v) is 10.9. The third kappa shape index (κ3) is 12.2. The lowest BCUT2D eigenvalue weighted by Gasteiger charge is -2.06. The van der Waals surface area contributed by atoms with Crippen LogP contribution < -0.4 is 5.73 Å². The molecule has 0 atom stereocenters. The van der Waals surface area contributed by atoms with Crippen LogP contribution in [-0.4, -0.2) is 67.1 Å². The molecule has 0 spiro atoms. The fraction of sp³-hybridized carbons (Fsp3) is 0.364. The van der Waals surface area contributed by atoms with Gasteiger partial charge in [-0.1, -0.05) is 31.9 Å². The topological polar surface area (TPSA) is 82.7 Å². The van der Waals surface area contributed by atoms with Gasteiger partial charge in [-0.25, -0.2) is 4.98 Å². The zero-order valence-corrected chi connectivity index (χ0v) is 23.6. The third-order valence-electron chi connectivity index (χ3n) is 3.93. The molecular weight excluding hydrogens is 576 g/mol. The van der Waals surface area contributed by atoms with E-state index in [-0.39, 0.29) is 6.42 Å². The molecule has 32 heavy (non-hydrogen) atoms. The quantitative estimate of drug-likeness (QED) is 0.254. The van der Waals surface area contributed by atoms with E-state index in [1.807, 2.05) is 37.2 Å². The number of carbonyl (C=O) groups is 1. The molecule has 0 radical (unpaired) electrons. The Morgan fingerprint density at radius 1 is 1.06 bits per heavy atom. The molecule has 0 saturated carbocycles. The van der Waals surface area contributed by atoms with Crippen LogP contribution in [0.4, 0.5) is 5.69 Å². The van der Waals surface area contributed by atoms with Crippen molar-refractivity contribution < 1.29 is 9.90 Å². The average molecular weight is 606 g/mol. The SMILES string of the molecule is CN(C)CCC(=O)O.CN(C)CCc1nc2cc(Br)ccc2s1.Nc1cc(Br)ccc1S. The molecule has 0 aliphatic rings. The van der Waals surface area contributed by atoms with Crippen LogP contribution in [0.3, 0.4) is 0 Å². The Balaban J connectivity index is 0.000000260. The second-order valence-electron chi connectivity index (χ2n) is 7.42. The maximum atomic E-state index is 9.88. The molecule has 0 fully saturated rings. The van der Waals surface area contributed by atoms with Gasteiger partial charge >= 0.3 is 5.97 Å². The summed E-state index contributed by atoms with van der Waals surface area (Å²) in [6.45, 7) is 1.68. The number of thiol groups is 1. The first-order chi connectivity index (χ1) is 15.0. The number of carboxylic acid groups (broad SMARTS) is 1. The zero-order valence-electron chi connectivity index (χ0n) is 18.7. The van der Waals surface area contributed by atoms with E-state index in [0.717, 1.165) is 32.3 Å². The Bertz CT molecular complexity index is 997. The van der Waals surface area contributed by atoms with Crippen molar-refractivity contribution in [2.75, 3.05) is 47.0 Å². The van der Waals surface area contributed by atoms with Crippen molar-refractivity contribution in [2.45, 2.75) is 17.7 Å². The molecule has 0 aliphatic heterocycles. The predicted octanol–water partition coefficient (Wildman–Crippen LogP) is 5.51. The van der Waals surface area contributed by atoms with E-state index in [9.17, 15) is 4.79 Å². The minimum absolute atomic E-state index is 0.229. The first-order valence-electron chi connectivity index (χ1n) is 9.78. The van der Waals surface area contributed by atoms with Crippen molar-refractivity contribution in [1.82, 2.24) is 14.8 Å².